The van der Waals surface area contributed by atoms with Crippen LogP contribution in [0.5, 0.6) is 0 Å². The van der Waals surface area contributed by atoms with Gasteiger partial charge in [0.2, 0.25) is 5.91 Å². The lowest BCUT2D eigenvalue weighted by atomic mass is 9.90. The van der Waals surface area contributed by atoms with Gasteiger partial charge >= 0.3 is 0 Å². The van der Waals surface area contributed by atoms with E-state index in [9.17, 15) is 4.79 Å². The van der Waals surface area contributed by atoms with Crippen LogP contribution in [0.4, 0.5) is 0 Å². The van der Waals surface area contributed by atoms with E-state index in [0.717, 1.165) is 25.9 Å². The summed E-state index contributed by atoms with van der Waals surface area (Å²) >= 11 is 6.09. The summed E-state index contributed by atoms with van der Waals surface area (Å²) in [6.45, 7) is 10.2. The van der Waals surface area contributed by atoms with Crippen LogP contribution in [0, 0.1) is 11.3 Å². The predicted molar refractivity (Wildman–Crippen MR) is 68.7 cm³/mol. The largest absolute Gasteiger partial charge is 0.343 e. The maximum Gasteiger partial charge on any atom is 0.223 e. The van der Waals surface area contributed by atoms with E-state index in [0.29, 0.717) is 18.2 Å². The summed E-state index contributed by atoms with van der Waals surface area (Å²) in [7, 11) is 0. The minimum absolute atomic E-state index is 0.0910. The standard InChI is InChI=1S/C13H24ClNO/c1-10(14)11-5-7-15(8-6-11)12(16)9-13(2,3)4/h10-11H,5-9H2,1-4H3. The molecule has 0 aliphatic carbocycles. The Hall–Kier alpha value is -0.240. The lowest BCUT2D eigenvalue weighted by Gasteiger charge is -2.34. The fraction of sp³-hybridized carbons (Fsp3) is 0.923. The summed E-state index contributed by atoms with van der Waals surface area (Å²) in [5, 5.41) is 0.236. The van der Waals surface area contributed by atoms with Crippen molar-refractivity contribution in [1.82, 2.24) is 4.90 Å². The highest BCUT2D eigenvalue weighted by atomic mass is 35.5. The van der Waals surface area contributed by atoms with E-state index in [1.807, 2.05) is 4.90 Å². The molecule has 0 bridgehead atoms. The minimum atomic E-state index is 0.0910. The molecule has 0 aromatic carbocycles. The van der Waals surface area contributed by atoms with Crippen molar-refractivity contribution in [2.75, 3.05) is 13.1 Å². The van der Waals surface area contributed by atoms with Crippen LogP contribution in [0.25, 0.3) is 0 Å². The van der Waals surface area contributed by atoms with E-state index in [4.69, 9.17) is 11.6 Å². The molecule has 1 fully saturated rings. The molecule has 3 heteroatoms. The number of hydrogen-bond donors (Lipinski definition) is 0. The molecule has 0 spiro atoms. The Kier molecular flexibility index (Phi) is 4.66. The zero-order chi connectivity index (χ0) is 12.3. The molecule has 1 aliphatic rings. The number of carbonyl (C=O) groups is 1. The normalized spacial score (nSPS) is 20.9. The van der Waals surface area contributed by atoms with Crippen LogP contribution in [0.3, 0.4) is 0 Å². The van der Waals surface area contributed by atoms with Crippen molar-refractivity contribution in [1.29, 1.82) is 0 Å². The van der Waals surface area contributed by atoms with E-state index >= 15 is 0 Å². The Balaban J connectivity index is 2.39. The predicted octanol–water partition coefficient (Wildman–Crippen LogP) is 3.29. The Morgan fingerprint density at radius 3 is 2.25 bits per heavy atom. The fourth-order valence-corrected chi connectivity index (χ4v) is 2.43. The van der Waals surface area contributed by atoms with Gasteiger partial charge in [0.15, 0.2) is 0 Å². The Labute approximate surface area is 104 Å². The van der Waals surface area contributed by atoms with Crippen LogP contribution in [-0.2, 0) is 4.79 Å². The van der Waals surface area contributed by atoms with Crippen LogP contribution < -0.4 is 0 Å². The molecule has 94 valence electrons. The van der Waals surface area contributed by atoms with E-state index < -0.39 is 0 Å². The third kappa shape index (κ3) is 4.32. The highest BCUT2D eigenvalue weighted by molar-refractivity contribution is 6.20. The van der Waals surface area contributed by atoms with Crippen molar-refractivity contribution in [3.8, 4) is 0 Å². The van der Waals surface area contributed by atoms with E-state index in [1.54, 1.807) is 0 Å². The Morgan fingerprint density at radius 1 is 1.38 bits per heavy atom. The number of likely N-dealkylation sites (tertiary alicyclic amines) is 1. The topological polar surface area (TPSA) is 20.3 Å². The molecular formula is C13H24ClNO. The third-order valence-electron chi connectivity index (χ3n) is 3.22. The fourth-order valence-electron chi connectivity index (χ4n) is 2.17. The molecule has 0 aromatic rings. The lowest BCUT2D eigenvalue weighted by molar-refractivity contribution is -0.134. The second kappa shape index (κ2) is 5.39. The van der Waals surface area contributed by atoms with E-state index in [-0.39, 0.29) is 10.8 Å². The summed E-state index contributed by atoms with van der Waals surface area (Å²) in [6, 6.07) is 0. The molecule has 16 heavy (non-hydrogen) atoms. The lowest BCUT2D eigenvalue weighted by Crippen LogP contribution is -2.41. The first-order valence-electron chi connectivity index (χ1n) is 6.21. The summed E-state index contributed by atoms with van der Waals surface area (Å²) in [4.78, 5) is 14.0. The smallest absolute Gasteiger partial charge is 0.223 e. The van der Waals surface area contributed by atoms with Crippen LogP contribution in [0.2, 0.25) is 0 Å². The van der Waals surface area contributed by atoms with Crippen molar-refractivity contribution in [2.45, 2.75) is 52.3 Å². The van der Waals surface area contributed by atoms with Gasteiger partial charge in [-0.1, -0.05) is 20.8 Å². The number of hydrogen-bond acceptors (Lipinski definition) is 1. The molecule has 0 N–H and O–H groups in total. The van der Waals surface area contributed by atoms with Crippen molar-refractivity contribution in [3.63, 3.8) is 0 Å². The molecule has 1 saturated heterocycles. The van der Waals surface area contributed by atoms with Gasteiger partial charge in [0, 0.05) is 24.9 Å². The highest BCUT2D eigenvalue weighted by Crippen LogP contribution is 2.26. The van der Waals surface area contributed by atoms with Gasteiger partial charge in [-0.05, 0) is 31.1 Å². The average molecular weight is 246 g/mol. The first-order chi connectivity index (χ1) is 7.29. The van der Waals surface area contributed by atoms with Gasteiger partial charge in [-0.25, -0.2) is 0 Å². The SMILES string of the molecule is CC(Cl)C1CCN(C(=O)CC(C)(C)C)CC1. The van der Waals surface area contributed by atoms with Crippen LogP contribution >= 0.6 is 11.6 Å². The molecule has 1 rings (SSSR count). The van der Waals surface area contributed by atoms with Crippen LogP contribution in [0.1, 0.15) is 47.0 Å². The van der Waals surface area contributed by atoms with Crippen molar-refractivity contribution >= 4 is 17.5 Å². The summed E-state index contributed by atoms with van der Waals surface area (Å²) in [6.07, 6.45) is 2.76. The number of alkyl halides is 1. The molecule has 1 amide bonds. The Morgan fingerprint density at radius 2 is 1.88 bits per heavy atom. The van der Waals surface area contributed by atoms with Gasteiger partial charge in [0.05, 0.1) is 0 Å². The molecule has 1 unspecified atom stereocenters. The van der Waals surface area contributed by atoms with Crippen molar-refractivity contribution in [3.05, 3.63) is 0 Å². The minimum Gasteiger partial charge on any atom is -0.343 e. The monoisotopic (exact) mass is 245 g/mol. The maximum atomic E-state index is 12.0. The summed E-state index contributed by atoms with van der Waals surface area (Å²) in [5.41, 5.74) is 0.0910. The van der Waals surface area contributed by atoms with Gasteiger partial charge < -0.3 is 4.90 Å². The Bertz CT molecular complexity index is 237. The number of nitrogens with zero attached hydrogens (tertiary/aromatic N) is 1. The van der Waals surface area contributed by atoms with Crippen LogP contribution in [0.15, 0.2) is 0 Å². The van der Waals surface area contributed by atoms with Gasteiger partial charge in [-0.15, -0.1) is 11.6 Å². The molecule has 1 atom stereocenters. The molecule has 1 heterocycles. The average Bonchev–Trinajstić information content (AvgIpc) is 2.15. The zero-order valence-corrected chi connectivity index (χ0v) is 11.7. The maximum absolute atomic E-state index is 12.0. The number of carbonyl (C=O) groups excluding carboxylic acids is 1. The van der Waals surface area contributed by atoms with Gasteiger partial charge in [-0.2, -0.15) is 0 Å². The summed E-state index contributed by atoms with van der Waals surface area (Å²) < 4.78 is 0. The molecule has 2 nitrogen and oxygen atoms in total. The first-order valence-corrected chi connectivity index (χ1v) is 6.65. The van der Waals surface area contributed by atoms with E-state index in [1.165, 1.54) is 0 Å². The van der Waals surface area contributed by atoms with Crippen molar-refractivity contribution in [2.24, 2.45) is 11.3 Å². The third-order valence-corrected chi connectivity index (χ3v) is 3.58. The second-order valence-corrected chi connectivity index (χ2v) is 6.82. The number of amides is 1. The summed E-state index contributed by atoms with van der Waals surface area (Å²) in [5.74, 6) is 0.883. The van der Waals surface area contributed by atoms with E-state index in [2.05, 4.69) is 27.7 Å². The molecule has 0 saturated carbocycles. The van der Waals surface area contributed by atoms with Gasteiger partial charge in [0.1, 0.15) is 0 Å². The van der Waals surface area contributed by atoms with Crippen LogP contribution in [-0.4, -0.2) is 29.3 Å². The zero-order valence-electron chi connectivity index (χ0n) is 10.9. The molecule has 1 aliphatic heterocycles. The highest BCUT2D eigenvalue weighted by Gasteiger charge is 2.27. The first kappa shape index (κ1) is 13.8. The number of piperidine rings is 1. The number of halogens is 1. The van der Waals surface area contributed by atoms with Gasteiger partial charge in [-0.3, -0.25) is 4.79 Å². The molecular weight excluding hydrogens is 222 g/mol. The molecule has 0 aromatic heterocycles. The van der Waals surface area contributed by atoms with Crippen molar-refractivity contribution < 1.29 is 4.79 Å². The second-order valence-electron chi connectivity index (χ2n) is 6.13. The van der Waals surface area contributed by atoms with Gasteiger partial charge in [0.25, 0.3) is 0 Å². The number of rotatable bonds is 2. The molecule has 0 radical (unpaired) electrons. The quantitative estimate of drug-likeness (QED) is 0.684.